The highest BCUT2D eigenvalue weighted by Crippen LogP contribution is 2.30. The Labute approximate surface area is 167 Å². The number of alkyl halides is 2. The number of carbonyl (C=O) groups excluding carboxylic acids is 1. The molecule has 1 rings (SSSR count). The Hall–Kier alpha value is -2.88. The number of nitrogens with one attached hydrogen (secondary N) is 1. The normalized spacial score (nSPS) is 15.8. The van der Waals surface area contributed by atoms with E-state index in [0.717, 1.165) is 6.08 Å². The van der Waals surface area contributed by atoms with E-state index in [1.165, 1.54) is 39.4 Å². The van der Waals surface area contributed by atoms with E-state index in [1.807, 2.05) is 0 Å². The lowest BCUT2D eigenvalue weighted by Crippen LogP contribution is -2.43. The lowest BCUT2D eigenvalue weighted by Gasteiger charge is -2.30. The van der Waals surface area contributed by atoms with Gasteiger partial charge in [-0.25, -0.2) is 18.2 Å². The third kappa shape index (κ3) is 6.60. The first-order valence-corrected chi connectivity index (χ1v) is 8.70. The van der Waals surface area contributed by atoms with Crippen molar-refractivity contribution >= 4 is 11.7 Å². The van der Waals surface area contributed by atoms with Gasteiger partial charge in [0, 0.05) is 19.2 Å². The molecule has 1 amide bonds. The molecule has 0 bridgehead atoms. The van der Waals surface area contributed by atoms with Crippen molar-refractivity contribution in [2.24, 2.45) is 10.7 Å². The second-order valence-corrected chi connectivity index (χ2v) is 6.11. The second-order valence-electron chi connectivity index (χ2n) is 6.11. The van der Waals surface area contributed by atoms with E-state index < -0.39 is 24.5 Å². The van der Waals surface area contributed by atoms with Gasteiger partial charge < -0.3 is 20.2 Å². The van der Waals surface area contributed by atoms with Crippen LogP contribution in [0.2, 0.25) is 0 Å². The van der Waals surface area contributed by atoms with Crippen LogP contribution in [0.4, 0.5) is 13.2 Å². The number of aliphatic imine (C=N–C) groups is 1. The van der Waals surface area contributed by atoms with Crippen molar-refractivity contribution in [2.75, 3.05) is 13.7 Å². The lowest BCUT2D eigenvalue weighted by atomic mass is 9.91. The number of halogens is 3. The van der Waals surface area contributed by atoms with Gasteiger partial charge in [0.05, 0.1) is 18.8 Å². The first kappa shape index (κ1) is 24.2. The first-order valence-electron chi connectivity index (χ1n) is 8.70. The molecule has 0 unspecified atom stereocenters. The van der Waals surface area contributed by atoms with Crippen LogP contribution in [0.3, 0.4) is 0 Å². The van der Waals surface area contributed by atoms with Crippen molar-refractivity contribution in [2.45, 2.75) is 39.2 Å². The smallest absolute Gasteiger partial charge is 0.277 e. The molecule has 3 N–H and O–H groups in total. The maximum absolute atomic E-state index is 13.9. The number of aryl methyl sites for hydroxylation is 1. The summed E-state index contributed by atoms with van der Waals surface area (Å²) in [6.45, 7) is 4.11. The molecule has 0 spiro atoms. The summed E-state index contributed by atoms with van der Waals surface area (Å²) in [6, 6.07) is 0. The number of aromatic nitrogens is 1. The number of nitrogens with zero attached hydrogens (tertiary/aromatic N) is 2. The average molecular weight is 414 g/mol. The highest BCUT2D eigenvalue weighted by Gasteiger charge is 2.42. The van der Waals surface area contributed by atoms with Gasteiger partial charge in [-0.3, -0.25) is 9.79 Å². The van der Waals surface area contributed by atoms with E-state index in [4.69, 9.17) is 14.9 Å². The minimum Gasteiger partial charge on any atom is -0.448 e. The van der Waals surface area contributed by atoms with Crippen molar-refractivity contribution in [3.8, 4) is 0 Å². The summed E-state index contributed by atoms with van der Waals surface area (Å²) < 4.78 is 50.4. The molecule has 160 valence electrons. The van der Waals surface area contributed by atoms with Crippen LogP contribution in [0.5, 0.6) is 0 Å². The van der Waals surface area contributed by atoms with Crippen LogP contribution in [0, 0.1) is 0 Å². The van der Waals surface area contributed by atoms with Crippen LogP contribution >= 0.6 is 0 Å². The molecule has 29 heavy (non-hydrogen) atoms. The Bertz CT molecular complexity index is 811. The molecule has 0 saturated carbocycles. The van der Waals surface area contributed by atoms with E-state index >= 15 is 0 Å². The van der Waals surface area contributed by atoms with Crippen LogP contribution in [0.15, 0.2) is 51.5 Å². The molecular weight excluding hydrogens is 389 g/mol. The zero-order valence-corrected chi connectivity index (χ0v) is 16.7. The number of allylic oxidation sites excluding steroid dienone is 3. The van der Waals surface area contributed by atoms with Gasteiger partial charge >= 0.3 is 0 Å². The minimum atomic E-state index is -2.95. The van der Waals surface area contributed by atoms with Crippen molar-refractivity contribution in [3.05, 3.63) is 53.7 Å². The SMILES string of the molecule is CCc1nc(C(=O)NC(=C/C=C/F)/C=C(\C)[C@](COC)(N=C(C)N)C(F)F)co1. The Morgan fingerprint density at radius 2 is 2.17 bits per heavy atom. The number of hydrogen-bond donors (Lipinski definition) is 2. The van der Waals surface area contributed by atoms with E-state index in [-0.39, 0.29) is 29.1 Å². The van der Waals surface area contributed by atoms with Crippen LogP contribution < -0.4 is 11.1 Å². The van der Waals surface area contributed by atoms with Crippen LogP contribution in [-0.4, -0.2) is 42.4 Å². The van der Waals surface area contributed by atoms with Crippen molar-refractivity contribution in [1.29, 1.82) is 0 Å². The number of amides is 1. The van der Waals surface area contributed by atoms with Crippen molar-refractivity contribution < 1.29 is 27.1 Å². The van der Waals surface area contributed by atoms with E-state index in [0.29, 0.717) is 12.3 Å². The van der Waals surface area contributed by atoms with Crippen molar-refractivity contribution in [3.63, 3.8) is 0 Å². The van der Waals surface area contributed by atoms with Gasteiger partial charge in [0.2, 0.25) is 0 Å². The fourth-order valence-electron chi connectivity index (χ4n) is 2.45. The summed E-state index contributed by atoms with van der Waals surface area (Å²) in [5.74, 6) is -0.354. The number of ether oxygens (including phenoxy) is 1. The quantitative estimate of drug-likeness (QED) is 0.347. The fraction of sp³-hybridized carbons (Fsp3) is 0.421. The zero-order chi connectivity index (χ0) is 22.0. The number of rotatable bonds is 10. The Morgan fingerprint density at radius 1 is 1.48 bits per heavy atom. The lowest BCUT2D eigenvalue weighted by molar-refractivity contribution is 0.0239. The Kier molecular flexibility index (Phi) is 9.33. The zero-order valence-electron chi connectivity index (χ0n) is 16.7. The summed E-state index contributed by atoms with van der Waals surface area (Å²) in [5.41, 5.74) is 3.55. The Morgan fingerprint density at radius 3 is 2.66 bits per heavy atom. The summed E-state index contributed by atoms with van der Waals surface area (Å²) in [5, 5.41) is 2.48. The van der Waals surface area contributed by atoms with Crippen LogP contribution in [-0.2, 0) is 11.2 Å². The molecule has 0 aliphatic carbocycles. The maximum atomic E-state index is 13.9. The Balaban J connectivity index is 3.32. The van der Waals surface area contributed by atoms with E-state index in [2.05, 4.69) is 15.3 Å². The molecule has 0 fully saturated rings. The number of methoxy groups -OCH3 is 1. The number of amidine groups is 1. The fourth-order valence-corrected chi connectivity index (χ4v) is 2.45. The summed E-state index contributed by atoms with van der Waals surface area (Å²) in [7, 11) is 1.26. The topological polar surface area (TPSA) is 103 Å². The minimum absolute atomic E-state index is 0.00383. The van der Waals surface area contributed by atoms with Crippen LogP contribution in [0.1, 0.15) is 37.2 Å². The molecule has 0 aliphatic rings. The molecular formula is C19H25F3N4O3. The van der Waals surface area contributed by atoms with Gasteiger partial charge in [0.15, 0.2) is 17.1 Å². The summed E-state index contributed by atoms with van der Waals surface area (Å²) in [6.07, 6.45) is 2.39. The highest BCUT2D eigenvalue weighted by atomic mass is 19.3. The van der Waals surface area contributed by atoms with Gasteiger partial charge in [-0.1, -0.05) is 6.92 Å². The maximum Gasteiger partial charge on any atom is 0.277 e. The molecule has 0 aliphatic heterocycles. The number of nitrogens with two attached hydrogens (primary N) is 1. The number of carbonyl (C=O) groups is 1. The third-order valence-corrected chi connectivity index (χ3v) is 3.85. The average Bonchev–Trinajstić information content (AvgIpc) is 3.14. The monoisotopic (exact) mass is 414 g/mol. The number of oxazole rings is 1. The van der Waals surface area contributed by atoms with Gasteiger partial charge in [-0.15, -0.1) is 0 Å². The molecule has 0 radical (unpaired) electrons. The van der Waals surface area contributed by atoms with Crippen LogP contribution in [0.25, 0.3) is 0 Å². The molecule has 0 saturated heterocycles. The first-order chi connectivity index (χ1) is 13.7. The standard InChI is InChI=1S/C19H25F3N4O3/c1-5-16-25-15(10-29-16)17(27)24-14(7-6-8-20)9-12(2)19(11-28-4,18(21)22)26-13(3)23/h6-10,18H,5,11H2,1-4H3,(H2,23,26)(H,24,27)/b8-6+,12-9+,14-7+/t19-/m0/s1. The molecule has 1 aromatic rings. The van der Waals surface area contributed by atoms with Gasteiger partial charge in [-0.2, -0.15) is 0 Å². The third-order valence-electron chi connectivity index (χ3n) is 3.85. The molecule has 1 atom stereocenters. The molecule has 0 aromatic carbocycles. The molecule has 1 aromatic heterocycles. The summed E-state index contributed by atoms with van der Waals surface area (Å²) in [4.78, 5) is 20.2. The number of hydrogen-bond acceptors (Lipinski definition) is 5. The van der Waals surface area contributed by atoms with E-state index in [9.17, 15) is 18.0 Å². The van der Waals surface area contributed by atoms with Gasteiger partial charge in [-0.05, 0) is 37.6 Å². The summed E-state index contributed by atoms with van der Waals surface area (Å²) >= 11 is 0. The molecule has 1 heterocycles. The van der Waals surface area contributed by atoms with Crippen molar-refractivity contribution in [1.82, 2.24) is 10.3 Å². The second kappa shape index (κ2) is 11.2. The predicted molar refractivity (Wildman–Crippen MR) is 103 cm³/mol. The van der Waals surface area contributed by atoms with E-state index in [1.54, 1.807) is 6.92 Å². The highest BCUT2D eigenvalue weighted by molar-refractivity contribution is 5.93. The van der Waals surface area contributed by atoms with Gasteiger partial charge in [0.25, 0.3) is 12.3 Å². The molecule has 10 heteroatoms. The van der Waals surface area contributed by atoms with Gasteiger partial charge in [0.1, 0.15) is 6.26 Å². The predicted octanol–water partition coefficient (Wildman–Crippen LogP) is 3.31. The molecule has 7 nitrogen and oxygen atoms in total. The largest absolute Gasteiger partial charge is 0.448 e.